The lowest BCUT2D eigenvalue weighted by molar-refractivity contribution is -0.144. The largest absolute Gasteiger partial charge is 0.480 e. The van der Waals surface area contributed by atoms with Crippen molar-refractivity contribution in [2.75, 3.05) is 39.9 Å². The van der Waals surface area contributed by atoms with Crippen molar-refractivity contribution in [3.63, 3.8) is 0 Å². The van der Waals surface area contributed by atoms with Gasteiger partial charge >= 0.3 is 5.97 Å². The molecule has 1 saturated heterocycles. The van der Waals surface area contributed by atoms with Crippen molar-refractivity contribution >= 4 is 5.97 Å². The second-order valence-corrected chi connectivity index (χ2v) is 7.94. The average Bonchev–Trinajstić information content (AvgIpc) is 2.69. The molecule has 2 fully saturated rings. The minimum absolute atomic E-state index is 0.0269. The zero-order chi connectivity index (χ0) is 19.3. The highest BCUT2D eigenvalue weighted by molar-refractivity contribution is 5.75. The van der Waals surface area contributed by atoms with E-state index in [0.717, 1.165) is 56.8 Å². The van der Waals surface area contributed by atoms with Gasteiger partial charge < -0.3 is 14.9 Å². The smallest absolute Gasteiger partial charge is 0.325 e. The van der Waals surface area contributed by atoms with Gasteiger partial charge in [-0.05, 0) is 31.0 Å². The molecule has 1 aromatic carbocycles. The summed E-state index contributed by atoms with van der Waals surface area (Å²) in [5, 5.41) is 19.4. The van der Waals surface area contributed by atoms with Crippen LogP contribution in [0.4, 0.5) is 0 Å². The van der Waals surface area contributed by atoms with Crippen LogP contribution in [0.15, 0.2) is 24.3 Å². The van der Waals surface area contributed by atoms with Crippen molar-refractivity contribution in [1.29, 1.82) is 0 Å². The first-order valence-electron chi connectivity index (χ1n) is 10.0. The second-order valence-electron chi connectivity index (χ2n) is 7.94. The van der Waals surface area contributed by atoms with Crippen LogP contribution < -0.4 is 0 Å². The predicted octanol–water partition coefficient (Wildman–Crippen LogP) is 2.27. The number of aliphatic hydroxyl groups excluding tert-OH is 1. The third kappa shape index (κ3) is 4.69. The maximum absolute atomic E-state index is 12.1. The molecule has 1 aliphatic carbocycles. The van der Waals surface area contributed by atoms with Crippen LogP contribution in [0.3, 0.4) is 0 Å². The number of carbonyl (C=O) groups is 1. The van der Waals surface area contributed by atoms with Crippen LogP contribution in [0.2, 0.25) is 0 Å². The summed E-state index contributed by atoms with van der Waals surface area (Å²) < 4.78 is 5.55. The molecule has 1 aliphatic heterocycles. The fraction of sp³-hybridized carbons (Fsp3) is 0.667. The Morgan fingerprint density at radius 3 is 2.59 bits per heavy atom. The number of hydrogen-bond donors (Lipinski definition) is 2. The first-order chi connectivity index (χ1) is 13.1. The van der Waals surface area contributed by atoms with Gasteiger partial charge in [-0.15, -0.1) is 0 Å². The number of carboxylic acids is 1. The molecule has 0 aromatic heterocycles. The molecule has 0 bridgehead atoms. The minimum atomic E-state index is -0.847. The van der Waals surface area contributed by atoms with Crippen LogP contribution >= 0.6 is 0 Å². The lowest BCUT2D eigenvalue weighted by atomic mass is 9.79. The Hall–Kier alpha value is -1.47. The lowest BCUT2D eigenvalue weighted by Gasteiger charge is -2.50. The quantitative estimate of drug-likeness (QED) is 0.761. The first-order valence-corrected chi connectivity index (χ1v) is 10.0. The van der Waals surface area contributed by atoms with Crippen LogP contribution in [0, 0.1) is 0 Å². The molecule has 1 saturated carbocycles. The van der Waals surface area contributed by atoms with Gasteiger partial charge in [0.15, 0.2) is 0 Å². The number of benzene rings is 1. The Morgan fingerprint density at radius 2 is 1.96 bits per heavy atom. The third-order valence-electron chi connectivity index (χ3n) is 6.13. The highest BCUT2D eigenvalue weighted by atomic mass is 16.5. The second kappa shape index (κ2) is 9.15. The molecule has 0 amide bonds. The van der Waals surface area contributed by atoms with Gasteiger partial charge in [-0.2, -0.15) is 0 Å². The van der Waals surface area contributed by atoms with E-state index in [1.165, 1.54) is 19.3 Å². The molecule has 1 unspecified atom stereocenters. The van der Waals surface area contributed by atoms with E-state index in [1.807, 2.05) is 30.1 Å². The number of rotatable bonds is 7. The molecule has 6 nitrogen and oxygen atoms in total. The molecule has 2 N–H and O–H groups in total. The molecule has 3 rings (SSSR count). The van der Waals surface area contributed by atoms with Crippen LogP contribution in [0.1, 0.15) is 49.3 Å². The fourth-order valence-corrected chi connectivity index (χ4v) is 4.82. The third-order valence-corrected chi connectivity index (χ3v) is 6.13. The monoisotopic (exact) mass is 376 g/mol. The van der Waals surface area contributed by atoms with Crippen molar-refractivity contribution in [3.05, 3.63) is 35.4 Å². The molecular formula is C21H32N2O4. The number of likely N-dealkylation sites (N-methyl/N-ethyl adjacent to an activating group) is 1. The number of ether oxygens (including phenoxy) is 1. The molecule has 2 aliphatic rings. The Labute approximate surface area is 161 Å². The molecular weight excluding hydrogens is 344 g/mol. The standard InChI is InChI=1S/C21H32N2O4/c1-22(19(20(25)26)18-7-5-6-17(14-18)15-24)16-21(8-3-2-4-9-21)23-10-12-27-13-11-23/h5-7,14,19,24H,2-4,8-13,15-16H2,1H3,(H,25,26). The lowest BCUT2D eigenvalue weighted by Crippen LogP contribution is -2.59. The van der Waals surface area contributed by atoms with E-state index < -0.39 is 12.0 Å². The number of aliphatic hydroxyl groups is 1. The summed E-state index contributed by atoms with van der Waals surface area (Å²) in [4.78, 5) is 16.6. The molecule has 0 radical (unpaired) electrons. The SMILES string of the molecule is CN(CC1(N2CCOCC2)CCCCC1)C(C(=O)O)c1cccc(CO)c1. The van der Waals surface area contributed by atoms with Crippen molar-refractivity contribution < 1.29 is 19.7 Å². The molecule has 27 heavy (non-hydrogen) atoms. The summed E-state index contributed by atoms with van der Waals surface area (Å²) >= 11 is 0. The average molecular weight is 376 g/mol. The Morgan fingerprint density at radius 1 is 1.26 bits per heavy atom. The Bertz CT molecular complexity index is 624. The van der Waals surface area contributed by atoms with E-state index in [1.54, 1.807) is 6.07 Å². The number of carboxylic acid groups (broad SMARTS) is 1. The van der Waals surface area contributed by atoms with Gasteiger partial charge in [-0.3, -0.25) is 14.6 Å². The van der Waals surface area contributed by atoms with E-state index in [4.69, 9.17) is 4.74 Å². The summed E-state index contributed by atoms with van der Waals surface area (Å²) in [5.41, 5.74) is 1.50. The van der Waals surface area contributed by atoms with Gasteiger partial charge in [-0.25, -0.2) is 0 Å². The molecule has 0 spiro atoms. The Balaban J connectivity index is 1.83. The topological polar surface area (TPSA) is 73.2 Å². The first kappa shape index (κ1) is 20.3. The van der Waals surface area contributed by atoms with Gasteiger partial charge in [0.2, 0.25) is 0 Å². The van der Waals surface area contributed by atoms with Crippen LogP contribution in [-0.2, 0) is 16.1 Å². The van der Waals surface area contributed by atoms with Crippen LogP contribution in [-0.4, -0.2) is 71.4 Å². The molecule has 1 heterocycles. The predicted molar refractivity (Wildman–Crippen MR) is 104 cm³/mol. The van der Waals surface area contributed by atoms with E-state index in [2.05, 4.69) is 4.90 Å². The molecule has 150 valence electrons. The number of aliphatic carboxylic acids is 1. The van der Waals surface area contributed by atoms with E-state index >= 15 is 0 Å². The van der Waals surface area contributed by atoms with Crippen LogP contribution in [0.5, 0.6) is 0 Å². The highest BCUT2D eigenvalue weighted by Crippen LogP contribution is 2.36. The number of nitrogens with zero attached hydrogens (tertiary/aromatic N) is 2. The molecule has 1 atom stereocenters. The molecule has 6 heteroatoms. The van der Waals surface area contributed by atoms with Crippen molar-refractivity contribution in [2.45, 2.75) is 50.3 Å². The van der Waals surface area contributed by atoms with Crippen molar-refractivity contribution in [1.82, 2.24) is 9.80 Å². The summed E-state index contributed by atoms with van der Waals surface area (Å²) in [6, 6.07) is 6.58. The van der Waals surface area contributed by atoms with Gasteiger partial charge in [-0.1, -0.05) is 43.5 Å². The Kier molecular flexibility index (Phi) is 6.87. The summed E-state index contributed by atoms with van der Waals surface area (Å²) in [5.74, 6) is -0.847. The van der Waals surface area contributed by atoms with Gasteiger partial charge in [0.05, 0.1) is 19.8 Å². The number of morpholine rings is 1. The maximum atomic E-state index is 12.1. The summed E-state index contributed by atoms with van der Waals surface area (Å²) in [7, 11) is 1.92. The van der Waals surface area contributed by atoms with Gasteiger partial charge in [0, 0.05) is 25.2 Å². The normalized spacial score (nSPS) is 21.9. The highest BCUT2D eigenvalue weighted by Gasteiger charge is 2.41. The minimum Gasteiger partial charge on any atom is -0.480 e. The maximum Gasteiger partial charge on any atom is 0.325 e. The zero-order valence-electron chi connectivity index (χ0n) is 16.3. The number of hydrogen-bond acceptors (Lipinski definition) is 5. The van der Waals surface area contributed by atoms with E-state index in [-0.39, 0.29) is 12.1 Å². The fourth-order valence-electron chi connectivity index (χ4n) is 4.82. The zero-order valence-corrected chi connectivity index (χ0v) is 16.3. The van der Waals surface area contributed by atoms with E-state index in [0.29, 0.717) is 0 Å². The van der Waals surface area contributed by atoms with Crippen molar-refractivity contribution in [2.24, 2.45) is 0 Å². The summed E-state index contributed by atoms with van der Waals surface area (Å²) in [6.45, 7) is 4.00. The van der Waals surface area contributed by atoms with E-state index in [9.17, 15) is 15.0 Å². The molecule has 1 aromatic rings. The van der Waals surface area contributed by atoms with Crippen LogP contribution in [0.25, 0.3) is 0 Å². The summed E-state index contributed by atoms with van der Waals surface area (Å²) in [6.07, 6.45) is 5.88. The van der Waals surface area contributed by atoms with Gasteiger partial charge in [0.1, 0.15) is 6.04 Å². The van der Waals surface area contributed by atoms with Crippen molar-refractivity contribution in [3.8, 4) is 0 Å². The van der Waals surface area contributed by atoms with Gasteiger partial charge in [0.25, 0.3) is 0 Å².